The normalized spacial score (nSPS) is 17.0. The van der Waals surface area contributed by atoms with Gasteiger partial charge in [0.2, 0.25) is 5.91 Å². The quantitative estimate of drug-likeness (QED) is 0.805. The van der Waals surface area contributed by atoms with E-state index in [0.29, 0.717) is 24.5 Å². The van der Waals surface area contributed by atoms with Crippen molar-refractivity contribution in [2.24, 2.45) is 0 Å². The van der Waals surface area contributed by atoms with Crippen molar-refractivity contribution in [1.29, 1.82) is 0 Å². The molecule has 0 bridgehead atoms. The lowest BCUT2D eigenvalue weighted by Crippen LogP contribution is -2.49. The van der Waals surface area contributed by atoms with E-state index in [0.717, 1.165) is 0 Å². The molecule has 122 valence electrons. The molecule has 1 heterocycles. The van der Waals surface area contributed by atoms with Crippen LogP contribution in [0.2, 0.25) is 0 Å². The van der Waals surface area contributed by atoms with E-state index in [9.17, 15) is 9.59 Å². The van der Waals surface area contributed by atoms with Crippen LogP contribution < -0.4 is 10.1 Å². The van der Waals surface area contributed by atoms with E-state index in [1.807, 2.05) is 45.0 Å². The first-order chi connectivity index (χ1) is 10.8. The summed E-state index contributed by atoms with van der Waals surface area (Å²) in [6.45, 7) is 7.95. The van der Waals surface area contributed by atoms with Crippen LogP contribution in [0.25, 0.3) is 0 Å². The molecule has 0 fully saturated rings. The van der Waals surface area contributed by atoms with Gasteiger partial charge < -0.3 is 15.0 Å². The fraction of sp³-hybridized carbons (Fsp3) is 0.444. The van der Waals surface area contributed by atoms with Gasteiger partial charge in [-0.1, -0.05) is 24.1 Å². The second kappa shape index (κ2) is 6.74. The summed E-state index contributed by atoms with van der Waals surface area (Å²) in [6, 6.07) is 6.56. The third-order valence-corrected chi connectivity index (χ3v) is 3.35. The molecule has 0 radical (unpaired) electrons. The smallest absolute Gasteiger partial charge is 0.299 e. The van der Waals surface area contributed by atoms with Gasteiger partial charge in [0.05, 0.1) is 6.54 Å². The molecule has 1 N–H and O–H groups in total. The second-order valence-corrected chi connectivity index (χ2v) is 6.40. The minimum atomic E-state index is -0.749. The molecule has 0 spiro atoms. The van der Waals surface area contributed by atoms with Crippen LogP contribution in [0.1, 0.15) is 39.3 Å². The van der Waals surface area contributed by atoms with Crippen molar-refractivity contribution < 1.29 is 14.3 Å². The monoisotopic (exact) mass is 314 g/mol. The molecule has 0 saturated carbocycles. The van der Waals surface area contributed by atoms with Gasteiger partial charge in [-0.25, -0.2) is 0 Å². The Bertz CT molecular complexity index is 665. The Balaban J connectivity index is 2.47. The highest BCUT2D eigenvalue weighted by molar-refractivity contribution is 5.97. The number of hydrogen-bond acceptors (Lipinski definition) is 3. The number of rotatable bonds is 1. The lowest BCUT2D eigenvalue weighted by molar-refractivity contribution is -0.137. The highest BCUT2D eigenvalue weighted by Gasteiger charge is 2.36. The summed E-state index contributed by atoms with van der Waals surface area (Å²) >= 11 is 0. The minimum Gasteiger partial charge on any atom is -0.491 e. The van der Waals surface area contributed by atoms with Gasteiger partial charge in [0.15, 0.2) is 0 Å². The first-order valence-corrected chi connectivity index (χ1v) is 7.60. The summed E-state index contributed by atoms with van der Waals surface area (Å²) in [6.07, 6.45) is 0. The Hall–Kier alpha value is -2.48. The number of hydrogen-bond donors (Lipinski definition) is 1. The van der Waals surface area contributed by atoms with Crippen LogP contribution in [-0.4, -0.2) is 35.4 Å². The molecule has 0 aromatic heterocycles. The van der Waals surface area contributed by atoms with E-state index in [1.165, 1.54) is 4.90 Å². The molecule has 1 aromatic rings. The van der Waals surface area contributed by atoms with Crippen molar-refractivity contribution in [3.63, 3.8) is 0 Å². The molecule has 5 nitrogen and oxygen atoms in total. The molecule has 23 heavy (non-hydrogen) atoms. The number of para-hydroxylation sites is 1. The number of nitrogens with one attached hydrogen (secondary N) is 1. The van der Waals surface area contributed by atoms with Crippen molar-refractivity contribution in [3.05, 3.63) is 29.8 Å². The number of ether oxygens (including phenoxy) is 1. The zero-order chi connectivity index (χ0) is 17.0. The Morgan fingerprint density at radius 3 is 2.65 bits per heavy atom. The Labute approximate surface area is 137 Å². The van der Waals surface area contributed by atoms with Crippen LogP contribution in [0.15, 0.2) is 24.3 Å². The predicted molar refractivity (Wildman–Crippen MR) is 87.7 cm³/mol. The molecule has 0 saturated heterocycles. The summed E-state index contributed by atoms with van der Waals surface area (Å²) < 4.78 is 5.70. The van der Waals surface area contributed by atoms with Gasteiger partial charge in [0, 0.05) is 11.1 Å². The van der Waals surface area contributed by atoms with E-state index in [-0.39, 0.29) is 11.8 Å². The van der Waals surface area contributed by atoms with E-state index in [2.05, 4.69) is 17.2 Å². The van der Waals surface area contributed by atoms with Crippen LogP contribution >= 0.6 is 0 Å². The highest BCUT2D eigenvalue weighted by Crippen LogP contribution is 2.32. The molecule has 1 aromatic carbocycles. The minimum absolute atomic E-state index is 0.235. The van der Waals surface area contributed by atoms with Crippen molar-refractivity contribution in [3.8, 4) is 17.6 Å². The van der Waals surface area contributed by atoms with Gasteiger partial charge in [-0.3, -0.25) is 9.59 Å². The summed E-state index contributed by atoms with van der Waals surface area (Å²) in [5, 5.41) is 2.95. The molecular weight excluding hydrogens is 292 g/mol. The predicted octanol–water partition coefficient (Wildman–Crippen LogP) is 1.89. The van der Waals surface area contributed by atoms with Gasteiger partial charge in [-0.05, 0) is 39.7 Å². The fourth-order valence-corrected chi connectivity index (χ4v) is 2.51. The fourth-order valence-electron chi connectivity index (χ4n) is 2.51. The highest BCUT2D eigenvalue weighted by atomic mass is 16.5. The van der Waals surface area contributed by atoms with Gasteiger partial charge in [0.1, 0.15) is 18.4 Å². The number of benzene rings is 1. The summed E-state index contributed by atoms with van der Waals surface area (Å²) in [4.78, 5) is 26.7. The SMILES string of the molecule is CC#CC(=O)N1CCOc2ccccc2C1C(=O)NC(C)(C)C. The Morgan fingerprint density at radius 1 is 1.30 bits per heavy atom. The van der Waals surface area contributed by atoms with E-state index >= 15 is 0 Å². The molecule has 2 amide bonds. The van der Waals surface area contributed by atoms with Crippen molar-refractivity contribution >= 4 is 11.8 Å². The Kier molecular flexibility index (Phi) is 4.95. The lowest BCUT2D eigenvalue weighted by Gasteiger charge is -2.30. The van der Waals surface area contributed by atoms with E-state index in [1.54, 1.807) is 6.92 Å². The van der Waals surface area contributed by atoms with Gasteiger partial charge >= 0.3 is 0 Å². The maximum Gasteiger partial charge on any atom is 0.299 e. The molecule has 1 atom stereocenters. The van der Waals surface area contributed by atoms with Gasteiger partial charge in [0.25, 0.3) is 5.91 Å². The molecule has 2 rings (SSSR count). The first-order valence-electron chi connectivity index (χ1n) is 7.60. The number of nitrogens with zero attached hydrogens (tertiary/aromatic N) is 1. The van der Waals surface area contributed by atoms with Crippen LogP contribution in [0.4, 0.5) is 0 Å². The molecule has 5 heteroatoms. The number of fused-ring (bicyclic) bond motifs is 1. The molecule has 1 aliphatic rings. The number of carbonyl (C=O) groups is 2. The first kappa shape index (κ1) is 16.9. The van der Waals surface area contributed by atoms with Crippen molar-refractivity contribution in [2.75, 3.05) is 13.2 Å². The largest absolute Gasteiger partial charge is 0.491 e. The van der Waals surface area contributed by atoms with Crippen molar-refractivity contribution in [1.82, 2.24) is 10.2 Å². The second-order valence-electron chi connectivity index (χ2n) is 6.40. The summed E-state index contributed by atoms with van der Waals surface area (Å²) in [5.41, 5.74) is 0.280. The van der Waals surface area contributed by atoms with Crippen LogP contribution in [-0.2, 0) is 9.59 Å². The van der Waals surface area contributed by atoms with E-state index < -0.39 is 11.6 Å². The molecule has 1 aliphatic heterocycles. The van der Waals surface area contributed by atoms with Gasteiger partial charge in [-0.15, -0.1) is 0 Å². The average Bonchev–Trinajstić information content (AvgIpc) is 2.65. The van der Waals surface area contributed by atoms with Crippen LogP contribution in [0.3, 0.4) is 0 Å². The summed E-state index contributed by atoms with van der Waals surface area (Å²) in [5.74, 6) is 5.14. The third-order valence-electron chi connectivity index (χ3n) is 3.35. The molecular formula is C18H22N2O3. The third kappa shape index (κ3) is 4.04. The zero-order valence-corrected chi connectivity index (χ0v) is 14.0. The van der Waals surface area contributed by atoms with Gasteiger partial charge in [-0.2, -0.15) is 0 Å². The zero-order valence-electron chi connectivity index (χ0n) is 14.0. The lowest BCUT2D eigenvalue weighted by atomic mass is 10.0. The number of carbonyl (C=O) groups excluding carboxylic acids is 2. The maximum absolute atomic E-state index is 12.8. The maximum atomic E-state index is 12.8. The topological polar surface area (TPSA) is 58.6 Å². The van der Waals surface area contributed by atoms with Crippen LogP contribution in [0.5, 0.6) is 5.75 Å². The molecule has 1 unspecified atom stereocenters. The number of amides is 2. The Morgan fingerprint density at radius 2 is 2.00 bits per heavy atom. The van der Waals surface area contributed by atoms with E-state index in [4.69, 9.17) is 4.74 Å². The average molecular weight is 314 g/mol. The van der Waals surface area contributed by atoms with Crippen molar-refractivity contribution in [2.45, 2.75) is 39.3 Å². The standard InChI is InChI=1S/C18H22N2O3/c1-5-8-15(21)20-11-12-23-14-10-7-6-9-13(14)16(20)17(22)19-18(2,3)4/h6-7,9-10,16H,11-12H2,1-4H3,(H,19,22). The van der Waals surface area contributed by atoms with Crippen LogP contribution in [0, 0.1) is 11.8 Å². The summed E-state index contributed by atoms with van der Waals surface area (Å²) in [7, 11) is 0. The molecule has 0 aliphatic carbocycles.